The molecule has 0 unspecified atom stereocenters. The minimum atomic E-state index is -4.48. The zero-order chi connectivity index (χ0) is 22.7. The lowest BCUT2D eigenvalue weighted by molar-refractivity contribution is -0.137. The van der Waals surface area contributed by atoms with Gasteiger partial charge in [-0.15, -0.1) is 10.2 Å². The molecule has 6 nitrogen and oxygen atoms in total. The summed E-state index contributed by atoms with van der Waals surface area (Å²) >= 11 is 0. The van der Waals surface area contributed by atoms with Crippen LogP contribution in [0.3, 0.4) is 0 Å². The maximum atomic E-state index is 12.9. The highest BCUT2D eigenvalue weighted by Gasteiger charge is 2.31. The highest BCUT2D eigenvalue weighted by molar-refractivity contribution is 5.94. The van der Waals surface area contributed by atoms with Crippen LogP contribution in [0.1, 0.15) is 15.9 Å². The minimum Gasteiger partial charge on any atom is -0.497 e. The number of hydrogen-bond donors (Lipinski definition) is 0. The van der Waals surface area contributed by atoms with E-state index in [1.807, 2.05) is 41.3 Å². The van der Waals surface area contributed by atoms with E-state index in [1.54, 1.807) is 12.0 Å². The largest absolute Gasteiger partial charge is 0.497 e. The molecular formula is C23H21F3N4O2. The lowest BCUT2D eigenvalue weighted by Crippen LogP contribution is -2.49. The van der Waals surface area contributed by atoms with Crippen LogP contribution in [0.5, 0.6) is 5.75 Å². The standard InChI is InChI=1S/C23H21F3N4O2/c1-32-19-7-3-4-16(15-19)20-8-9-21(28-27-20)29-10-12-30(13-11-29)22(31)17-5-2-6-18(14-17)23(24,25)26/h2-9,14-15H,10-13H2,1H3. The Balaban J connectivity index is 1.40. The van der Waals surface area contributed by atoms with Crippen LogP contribution in [-0.2, 0) is 6.18 Å². The van der Waals surface area contributed by atoms with E-state index in [0.717, 1.165) is 23.4 Å². The molecule has 4 rings (SSSR count). The molecule has 1 fully saturated rings. The van der Waals surface area contributed by atoms with Gasteiger partial charge in [-0.05, 0) is 42.5 Å². The fraction of sp³-hybridized carbons (Fsp3) is 0.261. The maximum Gasteiger partial charge on any atom is 0.416 e. The fourth-order valence-electron chi connectivity index (χ4n) is 3.58. The van der Waals surface area contributed by atoms with Gasteiger partial charge in [-0.2, -0.15) is 13.2 Å². The van der Waals surface area contributed by atoms with Gasteiger partial charge in [0.15, 0.2) is 5.82 Å². The van der Waals surface area contributed by atoms with Gasteiger partial charge in [0.1, 0.15) is 5.75 Å². The number of piperazine rings is 1. The van der Waals surface area contributed by atoms with Gasteiger partial charge in [-0.1, -0.05) is 18.2 Å². The van der Waals surface area contributed by atoms with E-state index in [2.05, 4.69) is 10.2 Å². The summed E-state index contributed by atoms with van der Waals surface area (Å²) in [5.41, 5.74) is 0.815. The predicted octanol–water partition coefficient (Wildman–Crippen LogP) is 4.13. The van der Waals surface area contributed by atoms with Gasteiger partial charge >= 0.3 is 6.18 Å². The molecule has 0 radical (unpaired) electrons. The first kappa shape index (κ1) is 21.6. The normalized spacial score (nSPS) is 14.4. The monoisotopic (exact) mass is 442 g/mol. The average Bonchev–Trinajstić information content (AvgIpc) is 2.83. The molecule has 1 amide bonds. The summed E-state index contributed by atoms with van der Waals surface area (Å²) in [4.78, 5) is 16.2. The topological polar surface area (TPSA) is 58.6 Å². The molecule has 0 spiro atoms. The molecule has 1 aliphatic rings. The molecule has 32 heavy (non-hydrogen) atoms. The Bertz CT molecular complexity index is 1090. The lowest BCUT2D eigenvalue weighted by Gasteiger charge is -2.35. The molecule has 9 heteroatoms. The molecule has 0 atom stereocenters. The summed E-state index contributed by atoms with van der Waals surface area (Å²) in [5, 5.41) is 8.61. The molecule has 1 saturated heterocycles. The summed E-state index contributed by atoms with van der Waals surface area (Å²) in [5.74, 6) is 1.01. The number of aromatic nitrogens is 2. The molecule has 1 aromatic heterocycles. The number of nitrogens with zero attached hydrogens (tertiary/aromatic N) is 4. The second-order valence-corrected chi connectivity index (χ2v) is 7.37. The summed E-state index contributed by atoms with van der Waals surface area (Å²) in [6.45, 7) is 1.79. The van der Waals surface area contributed by atoms with Gasteiger partial charge in [-0.25, -0.2) is 0 Å². The zero-order valence-electron chi connectivity index (χ0n) is 17.3. The van der Waals surface area contributed by atoms with Gasteiger partial charge in [0.2, 0.25) is 0 Å². The third kappa shape index (κ3) is 4.66. The third-order valence-corrected chi connectivity index (χ3v) is 5.34. The van der Waals surface area contributed by atoms with Crippen molar-refractivity contribution in [1.82, 2.24) is 15.1 Å². The van der Waals surface area contributed by atoms with Crippen molar-refractivity contribution in [3.63, 3.8) is 0 Å². The fourth-order valence-corrected chi connectivity index (χ4v) is 3.58. The first-order chi connectivity index (χ1) is 15.3. The van der Waals surface area contributed by atoms with Crippen LogP contribution in [0.2, 0.25) is 0 Å². The number of anilines is 1. The number of rotatable bonds is 4. The van der Waals surface area contributed by atoms with Crippen LogP contribution in [0.25, 0.3) is 11.3 Å². The molecule has 0 N–H and O–H groups in total. The van der Waals surface area contributed by atoms with Crippen LogP contribution in [0, 0.1) is 0 Å². The Kier molecular flexibility index (Phi) is 5.98. The molecule has 2 aromatic carbocycles. The number of ether oxygens (including phenoxy) is 1. The first-order valence-corrected chi connectivity index (χ1v) is 10.0. The van der Waals surface area contributed by atoms with Crippen molar-refractivity contribution in [1.29, 1.82) is 0 Å². The predicted molar refractivity (Wildman–Crippen MR) is 114 cm³/mol. The second-order valence-electron chi connectivity index (χ2n) is 7.37. The molecule has 3 aromatic rings. The SMILES string of the molecule is COc1cccc(-c2ccc(N3CCN(C(=O)c4cccc(C(F)(F)F)c4)CC3)nn2)c1. The number of alkyl halides is 3. The Morgan fingerprint density at radius 2 is 1.69 bits per heavy atom. The molecular weight excluding hydrogens is 421 g/mol. The van der Waals surface area contributed by atoms with Crippen molar-refractivity contribution in [2.45, 2.75) is 6.18 Å². The Hall–Kier alpha value is -3.62. The van der Waals surface area contributed by atoms with Crippen LogP contribution in [0.15, 0.2) is 60.7 Å². The van der Waals surface area contributed by atoms with Crippen LogP contribution in [-0.4, -0.2) is 54.3 Å². The minimum absolute atomic E-state index is 0.0377. The van der Waals surface area contributed by atoms with Crippen molar-refractivity contribution in [3.8, 4) is 17.0 Å². The molecule has 0 bridgehead atoms. The average molecular weight is 442 g/mol. The highest BCUT2D eigenvalue weighted by atomic mass is 19.4. The van der Waals surface area contributed by atoms with E-state index >= 15 is 0 Å². The zero-order valence-corrected chi connectivity index (χ0v) is 17.3. The number of methoxy groups -OCH3 is 1. The number of carbonyl (C=O) groups excluding carboxylic acids is 1. The van der Waals surface area contributed by atoms with E-state index < -0.39 is 17.6 Å². The molecule has 1 aliphatic heterocycles. The number of amides is 1. The molecule has 0 aliphatic carbocycles. The summed E-state index contributed by atoms with van der Waals surface area (Å²) in [7, 11) is 1.60. The van der Waals surface area contributed by atoms with Gasteiger partial charge in [0, 0.05) is 37.3 Å². The van der Waals surface area contributed by atoms with Gasteiger partial charge in [0.05, 0.1) is 18.4 Å². The quantitative estimate of drug-likeness (QED) is 0.608. The molecule has 2 heterocycles. The number of halogens is 3. The van der Waals surface area contributed by atoms with Crippen molar-refractivity contribution in [3.05, 3.63) is 71.8 Å². The Morgan fingerprint density at radius 3 is 2.34 bits per heavy atom. The van der Waals surface area contributed by atoms with Gasteiger partial charge in [-0.3, -0.25) is 4.79 Å². The lowest BCUT2D eigenvalue weighted by atomic mass is 10.1. The number of hydrogen-bond acceptors (Lipinski definition) is 5. The number of benzene rings is 2. The molecule has 166 valence electrons. The van der Waals surface area contributed by atoms with Crippen molar-refractivity contribution < 1.29 is 22.7 Å². The van der Waals surface area contributed by atoms with Crippen molar-refractivity contribution in [2.24, 2.45) is 0 Å². The second kappa shape index (κ2) is 8.86. The first-order valence-electron chi connectivity index (χ1n) is 10.0. The number of carbonyl (C=O) groups is 1. The summed E-state index contributed by atoms with van der Waals surface area (Å²) in [6, 6.07) is 15.8. The smallest absolute Gasteiger partial charge is 0.416 e. The summed E-state index contributed by atoms with van der Waals surface area (Å²) < 4.78 is 44.0. The van der Waals surface area contributed by atoms with E-state index in [0.29, 0.717) is 37.7 Å². The van der Waals surface area contributed by atoms with Crippen LogP contribution >= 0.6 is 0 Å². The van der Waals surface area contributed by atoms with Crippen LogP contribution < -0.4 is 9.64 Å². The van der Waals surface area contributed by atoms with E-state index in [1.165, 1.54) is 12.1 Å². The Labute approximate surface area is 183 Å². The van der Waals surface area contributed by atoms with E-state index in [-0.39, 0.29) is 5.56 Å². The summed E-state index contributed by atoms with van der Waals surface area (Å²) in [6.07, 6.45) is -4.48. The van der Waals surface area contributed by atoms with E-state index in [4.69, 9.17) is 4.74 Å². The highest BCUT2D eigenvalue weighted by Crippen LogP contribution is 2.30. The molecule has 0 saturated carbocycles. The Morgan fingerprint density at radius 1 is 0.938 bits per heavy atom. The third-order valence-electron chi connectivity index (χ3n) is 5.34. The van der Waals surface area contributed by atoms with E-state index in [9.17, 15) is 18.0 Å². The van der Waals surface area contributed by atoms with Gasteiger partial charge in [0.25, 0.3) is 5.91 Å². The van der Waals surface area contributed by atoms with Crippen molar-refractivity contribution >= 4 is 11.7 Å². The van der Waals surface area contributed by atoms with Crippen molar-refractivity contribution in [2.75, 3.05) is 38.2 Å². The van der Waals surface area contributed by atoms with Gasteiger partial charge < -0.3 is 14.5 Å². The van der Waals surface area contributed by atoms with Crippen LogP contribution in [0.4, 0.5) is 19.0 Å². The maximum absolute atomic E-state index is 12.9.